The van der Waals surface area contributed by atoms with Crippen LogP contribution in [0.2, 0.25) is 0 Å². The second-order valence-corrected chi connectivity index (χ2v) is 6.72. The lowest BCUT2D eigenvalue weighted by Crippen LogP contribution is -2.14. The maximum absolute atomic E-state index is 12.6. The number of aromatic nitrogens is 2. The Labute approximate surface area is 150 Å². The molecule has 1 amide bonds. The summed E-state index contributed by atoms with van der Waals surface area (Å²) in [7, 11) is 0. The van der Waals surface area contributed by atoms with Crippen molar-refractivity contribution in [3.63, 3.8) is 0 Å². The van der Waals surface area contributed by atoms with Gasteiger partial charge in [0.1, 0.15) is 11.6 Å². The summed E-state index contributed by atoms with van der Waals surface area (Å²) in [4.78, 5) is 17.9. The van der Waals surface area contributed by atoms with Gasteiger partial charge in [0.25, 0.3) is 5.91 Å². The van der Waals surface area contributed by atoms with Gasteiger partial charge in [-0.1, -0.05) is 23.4 Å². The third kappa shape index (κ3) is 4.09. The molecule has 3 aromatic rings. The van der Waals surface area contributed by atoms with Crippen LogP contribution in [0.15, 0.2) is 51.9 Å². The van der Waals surface area contributed by atoms with Crippen molar-refractivity contribution in [1.29, 1.82) is 0 Å². The lowest BCUT2D eigenvalue weighted by molar-refractivity contribution is 0.102. The fraction of sp³-hybridized carbons (Fsp3) is 0.211. The number of nitrogens with zero attached hydrogens (tertiary/aromatic N) is 2. The first-order valence-electron chi connectivity index (χ1n) is 7.93. The monoisotopic (exact) mass is 353 g/mol. The molecule has 0 saturated heterocycles. The van der Waals surface area contributed by atoms with Gasteiger partial charge < -0.3 is 9.84 Å². The van der Waals surface area contributed by atoms with Crippen molar-refractivity contribution in [2.24, 2.45) is 0 Å². The van der Waals surface area contributed by atoms with Gasteiger partial charge in [-0.05, 0) is 45.0 Å². The number of aryl methyl sites for hydroxylation is 3. The number of carbonyl (C=O) groups excluding carboxylic acids is 1. The van der Waals surface area contributed by atoms with E-state index in [0.717, 1.165) is 27.6 Å². The zero-order chi connectivity index (χ0) is 17.8. The number of anilines is 1. The van der Waals surface area contributed by atoms with Crippen LogP contribution in [0.1, 0.15) is 33.1 Å². The highest BCUT2D eigenvalue weighted by Crippen LogP contribution is 2.29. The molecule has 0 aliphatic heterocycles. The average Bonchev–Trinajstić information content (AvgIpc) is 2.91. The zero-order valence-electron chi connectivity index (χ0n) is 14.4. The molecule has 5 nitrogen and oxygen atoms in total. The molecule has 6 heteroatoms. The number of pyridine rings is 1. The van der Waals surface area contributed by atoms with Crippen LogP contribution in [-0.2, 0) is 5.75 Å². The summed E-state index contributed by atoms with van der Waals surface area (Å²) in [6.45, 7) is 5.72. The third-order valence-electron chi connectivity index (χ3n) is 3.81. The van der Waals surface area contributed by atoms with Crippen LogP contribution in [0.5, 0.6) is 0 Å². The molecule has 0 bridgehead atoms. The van der Waals surface area contributed by atoms with Crippen LogP contribution in [0, 0.1) is 20.8 Å². The number of amides is 1. The predicted molar refractivity (Wildman–Crippen MR) is 98.9 cm³/mol. The minimum absolute atomic E-state index is 0.167. The highest BCUT2D eigenvalue weighted by atomic mass is 32.2. The Morgan fingerprint density at radius 2 is 1.92 bits per heavy atom. The van der Waals surface area contributed by atoms with Crippen molar-refractivity contribution in [1.82, 2.24) is 10.1 Å². The summed E-state index contributed by atoms with van der Waals surface area (Å²) in [6.07, 6.45) is 0. The maximum atomic E-state index is 12.6. The summed E-state index contributed by atoms with van der Waals surface area (Å²) in [5, 5.41) is 6.84. The first kappa shape index (κ1) is 17.2. The molecular weight excluding hydrogens is 334 g/mol. The second-order valence-electron chi connectivity index (χ2n) is 5.71. The standard InChI is InChI=1S/C19H19N3O2S/c1-12-7-6-10-18(20-12)21-19(23)15-8-4-5-9-17(15)25-11-16-13(2)22-24-14(16)3/h4-10H,11H2,1-3H3,(H,20,21,23). The first-order chi connectivity index (χ1) is 12.0. The molecule has 3 rings (SSSR count). The van der Waals surface area contributed by atoms with Gasteiger partial charge in [-0.2, -0.15) is 0 Å². The van der Waals surface area contributed by atoms with Gasteiger partial charge in [0, 0.05) is 21.9 Å². The number of hydrogen-bond acceptors (Lipinski definition) is 5. The normalized spacial score (nSPS) is 10.7. The Hall–Kier alpha value is -2.60. The van der Waals surface area contributed by atoms with E-state index in [2.05, 4.69) is 15.5 Å². The quantitative estimate of drug-likeness (QED) is 0.682. The van der Waals surface area contributed by atoms with Crippen LogP contribution >= 0.6 is 11.8 Å². The Bertz CT molecular complexity index is 886. The van der Waals surface area contributed by atoms with Gasteiger partial charge in [-0.15, -0.1) is 11.8 Å². The first-order valence-corrected chi connectivity index (χ1v) is 8.91. The molecule has 0 spiro atoms. The molecule has 0 unspecified atom stereocenters. The Kier molecular flexibility index (Phi) is 5.19. The average molecular weight is 353 g/mol. The minimum atomic E-state index is -0.167. The molecule has 0 saturated carbocycles. The smallest absolute Gasteiger partial charge is 0.257 e. The number of benzene rings is 1. The Morgan fingerprint density at radius 1 is 1.12 bits per heavy atom. The van der Waals surface area contributed by atoms with E-state index in [1.54, 1.807) is 17.8 Å². The zero-order valence-corrected chi connectivity index (χ0v) is 15.2. The van der Waals surface area contributed by atoms with Gasteiger partial charge in [0.2, 0.25) is 0 Å². The van der Waals surface area contributed by atoms with E-state index in [1.807, 2.05) is 57.2 Å². The lowest BCUT2D eigenvalue weighted by atomic mass is 10.2. The van der Waals surface area contributed by atoms with Crippen molar-refractivity contribution in [3.8, 4) is 0 Å². The fourth-order valence-corrected chi connectivity index (χ4v) is 3.64. The minimum Gasteiger partial charge on any atom is -0.361 e. The number of thioether (sulfide) groups is 1. The van der Waals surface area contributed by atoms with E-state index in [0.29, 0.717) is 17.1 Å². The van der Waals surface area contributed by atoms with Crippen LogP contribution in [0.3, 0.4) is 0 Å². The van der Waals surface area contributed by atoms with Crippen molar-refractivity contribution in [3.05, 3.63) is 70.7 Å². The highest BCUT2D eigenvalue weighted by Gasteiger charge is 2.15. The highest BCUT2D eigenvalue weighted by molar-refractivity contribution is 7.98. The molecule has 0 atom stereocenters. The fourth-order valence-electron chi connectivity index (χ4n) is 2.43. The molecule has 25 heavy (non-hydrogen) atoms. The van der Waals surface area contributed by atoms with Gasteiger partial charge in [-0.25, -0.2) is 4.98 Å². The number of rotatable bonds is 5. The van der Waals surface area contributed by atoms with Crippen molar-refractivity contribution in [2.75, 3.05) is 5.32 Å². The summed E-state index contributed by atoms with van der Waals surface area (Å²) >= 11 is 1.59. The Morgan fingerprint density at radius 3 is 2.64 bits per heavy atom. The molecule has 0 aliphatic rings. The van der Waals surface area contributed by atoms with Crippen LogP contribution in [0.25, 0.3) is 0 Å². The van der Waals surface area contributed by atoms with Crippen molar-refractivity contribution < 1.29 is 9.32 Å². The van der Waals surface area contributed by atoms with Gasteiger partial charge in [-0.3, -0.25) is 4.79 Å². The largest absolute Gasteiger partial charge is 0.361 e. The number of nitrogens with one attached hydrogen (secondary N) is 1. The second kappa shape index (κ2) is 7.53. The molecular formula is C19H19N3O2S. The molecule has 2 aromatic heterocycles. The van der Waals surface area contributed by atoms with E-state index >= 15 is 0 Å². The van der Waals surface area contributed by atoms with Crippen LogP contribution < -0.4 is 5.32 Å². The van der Waals surface area contributed by atoms with Gasteiger partial charge in [0.15, 0.2) is 0 Å². The van der Waals surface area contributed by atoms with E-state index in [-0.39, 0.29) is 5.91 Å². The molecule has 0 fully saturated rings. The van der Waals surface area contributed by atoms with E-state index in [1.165, 1.54) is 0 Å². The molecule has 2 heterocycles. The SMILES string of the molecule is Cc1cccc(NC(=O)c2ccccc2SCc2c(C)noc2C)n1. The van der Waals surface area contributed by atoms with E-state index in [9.17, 15) is 4.79 Å². The third-order valence-corrected chi connectivity index (χ3v) is 4.91. The van der Waals surface area contributed by atoms with E-state index in [4.69, 9.17) is 4.52 Å². The number of carbonyl (C=O) groups is 1. The lowest BCUT2D eigenvalue weighted by Gasteiger charge is -2.10. The molecule has 128 valence electrons. The van der Waals surface area contributed by atoms with Gasteiger partial charge in [0.05, 0.1) is 11.3 Å². The van der Waals surface area contributed by atoms with Crippen LogP contribution in [-0.4, -0.2) is 16.0 Å². The molecule has 0 aliphatic carbocycles. The van der Waals surface area contributed by atoms with Crippen LogP contribution in [0.4, 0.5) is 5.82 Å². The van der Waals surface area contributed by atoms with Crippen molar-refractivity contribution >= 4 is 23.5 Å². The maximum Gasteiger partial charge on any atom is 0.257 e. The summed E-state index contributed by atoms with van der Waals surface area (Å²) < 4.78 is 5.20. The summed E-state index contributed by atoms with van der Waals surface area (Å²) in [5.41, 5.74) is 3.44. The Balaban J connectivity index is 1.77. The molecule has 0 radical (unpaired) electrons. The van der Waals surface area contributed by atoms with Gasteiger partial charge >= 0.3 is 0 Å². The summed E-state index contributed by atoms with van der Waals surface area (Å²) in [6, 6.07) is 13.1. The summed E-state index contributed by atoms with van der Waals surface area (Å²) in [5.74, 6) is 1.90. The van der Waals surface area contributed by atoms with Crippen molar-refractivity contribution in [2.45, 2.75) is 31.4 Å². The molecule has 1 N–H and O–H groups in total. The molecule has 1 aromatic carbocycles. The number of hydrogen-bond donors (Lipinski definition) is 1. The van der Waals surface area contributed by atoms with E-state index < -0.39 is 0 Å². The topological polar surface area (TPSA) is 68.0 Å². The predicted octanol–water partition coefficient (Wildman–Crippen LogP) is 4.54.